The summed E-state index contributed by atoms with van der Waals surface area (Å²) in [7, 11) is 0. The van der Waals surface area contributed by atoms with E-state index in [2.05, 4.69) is 5.32 Å². The number of carboxylic acids is 1. The molecular formula is C15H20N2O3. The van der Waals surface area contributed by atoms with E-state index in [9.17, 15) is 9.59 Å². The Hall–Kier alpha value is -2.04. The van der Waals surface area contributed by atoms with Crippen molar-refractivity contribution in [2.45, 2.75) is 39.4 Å². The highest BCUT2D eigenvalue weighted by atomic mass is 16.4. The second-order valence-electron chi connectivity index (χ2n) is 5.59. The van der Waals surface area contributed by atoms with E-state index in [1.165, 1.54) is 0 Å². The molecular weight excluding hydrogens is 256 g/mol. The highest BCUT2D eigenvalue weighted by Crippen LogP contribution is 2.22. The van der Waals surface area contributed by atoms with E-state index in [1.807, 2.05) is 38.1 Å². The molecule has 1 aromatic carbocycles. The van der Waals surface area contributed by atoms with Crippen LogP contribution in [0, 0.1) is 5.92 Å². The van der Waals surface area contributed by atoms with E-state index in [-0.39, 0.29) is 11.9 Å². The topological polar surface area (TPSA) is 69.6 Å². The lowest BCUT2D eigenvalue weighted by atomic mass is 10.0. The molecule has 0 aromatic heterocycles. The third kappa shape index (κ3) is 3.29. The molecule has 20 heavy (non-hydrogen) atoms. The van der Waals surface area contributed by atoms with Gasteiger partial charge in [-0.3, -0.25) is 0 Å². The molecule has 1 heterocycles. The van der Waals surface area contributed by atoms with Crippen LogP contribution >= 0.6 is 0 Å². The third-order valence-corrected chi connectivity index (χ3v) is 3.43. The van der Waals surface area contributed by atoms with Crippen molar-refractivity contribution >= 4 is 12.0 Å². The first-order valence-corrected chi connectivity index (χ1v) is 6.82. The number of carboxylic acid groups (broad SMARTS) is 1. The predicted molar refractivity (Wildman–Crippen MR) is 75.1 cm³/mol. The van der Waals surface area contributed by atoms with Crippen LogP contribution in [0.5, 0.6) is 0 Å². The quantitative estimate of drug-likeness (QED) is 0.885. The van der Waals surface area contributed by atoms with Crippen LogP contribution in [0.2, 0.25) is 0 Å². The minimum absolute atomic E-state index is 0.215. The summed E-state index contributed by atoms with van der Waals surface area (Å²) in [5, 5.41) is 11.8. The molecule has 0 spiro atoms. The summed E-state index contributed by atoms with van der Waals surface area (Å²) >= 11 is 0. The molecule has 1 atom stereocenters. The minimum atomic E-state index is -0.983. The number of rotatable bonds is 4. The normalized spacial score (nSPS) is 15.1. The van der Waals surface area contributed by atoms with Gasteiger partial charge in [0.05, 0.1) is 0 Å². The first-order chi connectivity index (χ1) is 9.47. The number of fused-ring (bicyclic) bond motifs is 1. The fraction of sp³-hybridized carbons (Fsp3) is 0.467. The van der Waals surface area contributed by atoms with Gasteiger partial charge in [0.25, 0.3) is 0 Å². The van der Waals surface area contributed by atoms with Gasteiger partial charge in [0, 0.05) is 13.1 Å². The SMILES string of the molecule is CC(C)CC(NC(=O)N1Cc2ccccc2C1)C(=O)O. The van der Waals surface area contributed by atoms with Gasteiger partial charge in [-0.2, -0.15) is 0 Å². The Bertz CT molecular complexity index is 489. The molecule has 0 fully saturated rings. The Morgan fingerprint density at radius 1 is 1.25 bits per heavy atom. The Balaban J connectivity index is 1.97. The number of hydrogen-bond donors (Lipinski definition) is 2. The molecule has 0 radical (unpaired) electrons. The average Bonchev–Trinajstić information content (AvgIpc) is 2.81. The lowest BCUT2D eigenvalue weighted by molar-refractivity contribution is -0.139. The molecule has 108 valence electrons. The van der Waals surface area contributed by atoms with Gasteiger partial charge in [-0.1, -0.05) is 38.1 Å². The Labute approximate surface area is 118 Å². The summed E-state index contributed by atoms with van der Waals surface area (Å²) in [4.78, 5) is 25.0. The zero-order valence-electron chi connectivity index (χ0n) is 11.8. The number of carbonyl (C=O) groups excluding carboxylic acids is 1. The zero-order chi connectivity index (χ0) is 14.7. The Kier molecular flexibility index (Phi) is 4.27. The number of aliphatic carboxylic acids is 1. The van der Waals surface area contributed by atoms with Crippen LogP contribution in [0.4, 0.5) is 4.79 Å². The van der Waals surface area contributed by atoms with Crippen LogP contribution in [0.25, 0.3) is 0 Å². The molecule has 2 N–H and O–H groups in total. The van der Waals surface area contributed by atoms with Crippen molar-refractivity contribution in [2.75, 3.05) is 0 Å². The molecule has 1 aliphatic heterocycles. The highest BCUT2D eigenvalue weighted by molar-refractivity contribution is 5.82. The number of nitrogens with one attached hydrogen (secondary N) is 1. The van der Waals surface area contributed by atoms with Gasteiger partial charge < -0.3 is 15.3 Å². The van der Waals surface area contributed by atoms with Crippen LogP contribution in [0.3, 0.4) is 0 Å². The third-order valence-electron chi connectivity index (χ3n) is 3.43. The van der Waals surface area contributed by atoms with Gasteiger partial charge in [-0.25, -0.2) is 9.59 Å². The molecule has 1 aliphatic rings. The second kappa shape index (κ2) is 5.94. The summed E-state index contributed by atoms with van der Waals surface area (Å²) in [5.74, 6) is -0.768. The summed E-state index contributed by atoms with van der Waals surface area (Å²) < 4.78 is 0. The van der Waals surface area contributed by atoms with Crippen molar-refractivity contribution in [2.24, 2.45) is 5.92 Å². The van der Waals surface area contributed by atoms with Gasteiger partial charge >= 0.3 is 12.0 Å². The van der Waals surface area contributed by atoms with Crippen LogP contribution in [0.15, 0.2) is 24.3 Å². The van der Waals surface area contributed by atoms with E-state index in [1.54, 1.807) is 4.90 Å². The Morgan fingerprint density at radius 2 is 1.80 bits per heavy atom. The molecule has 2 amide bonds. The van der Waals surface area contributed by atoms with E-state index in [0.29, 0.717) is 19.5 Å². The largest absolute Gasteiger partial charge is 0.480 e. The molecule has 5 nitrogen and oxygen atoms in total. The van der Waals surface area contributed by atoms with Crippen molar-refractivity contribution in [1.29, 1.82) is 0 Å². The molecule has 2 rings (SSSR count). The molecule has 5 heteroatoms. The fourth-order valence-electron chi connectivity index (χ4n) is 2.41. The molecule has 0 saturated heterocycles. The van der Waals surface area contributed by atoms with Crippen molar-refractivity contribution < 1.29 is 14.7 Å². The predicted octanol–water partition coefficient (Wildman–Crippen LogP) is 2.21. The van der Waals surface area contributed by atoms with E-state index >= 15 is 0 Å². The molecule has 0 bridgehead atoms. The van der Waals surface area contributed by atoms with E-state index in [4.69, 9.17) is 5.11 Å². The molecule has 1 aromatic rings. The lowest BCUT2D eigenvalue weighted by Gasteiger charge is -2.21. The summed E-state index contributed by atoms with van der Waals surface area (Å²) in [6.45, 7) is 4.95. The fourth-order valence-corrected chi connectivity index (χ4v) is 2.41. The smallest absolute Gasteiger partial charge is 0.326 e. The maximum absolute atomic E-state index is 12.2. The highest BCUT2D eigenvalue weighted by Gasteiger charge is 2.27. The summed E-state index contributed by atoms with van der Waals surface area (Å²) in [6.07, 6.45) is 0.432. The Morgan fingerprint density at radius 3 is 2.25 bits per heavy atom. The number of urea groups is 1. The number of amides is 2. The number of nitrogens with zero attached hydrogens (tertiary/aromatic N) is 1. The van der Waals surface area contributed by atoms with Gasteiger partial charge in [0.15, 0.2) is 0 Å². The second-order valence-corrected chi connectivity index (χ2v) is 5.59. The van der Waals surface area contributed by atoms with E-state index < -0.39 is 12.0 Å². The maximum atomic E-state index is 12.2. The maximum Gasteiger partial charge on any atom is 0.326 e. The first kappa shape index (κ1) is 14.4. The van der Waals surface area contributed by atoms with Crippen LogP contribution in [-0.4, -0.2) is 28.0 Å². The van der Waals surface area contributed by atoms with Crippen molar-refractivity contribution in [3.63, 3.8) is 0 Å². The van der Waals surface area contributed by atoms with Gasteiger partial charge in [0.1, 0.15) is 6.04 Å². The van der Waals surface area contributed by atoms with Crippen LogP contribution in [-0.2, 0) is 17.9 Å². The molecule has 1 unspecified atom stereocenters. The van der Waals surface area contributed by atoms with Crippen LogP contribution in [0.1, 0.15) is 31.4 Å². The monoisotopic (exact) mass is 276 g/mol. The van der Waals surface area contributed by atoms with Crippen molar-refractivity contribution in [3.05, 3.63) is 35.4 Å². The van der Waals surface area contributed by atoms with Crippen molar-refractivity contribution in [1.82, 2.24) is 10.2 Å². The summed E-state index contributed by atoms with van der Waals surface area (Å²) in [5.41, 5.74) is 2.25. The number of benzene rings is 1. The standard InChI is InChI=1S/C15H20N2O3/c1-10(2)7-13(14(18)19)16-15(20)17-8-11-5-3-4-6-12(11)9-17/h3-6,10,13H,7-9H2,1-2H3,(H,16,20)(H,18,19). The van der Waals surface area contributed by atoms with Crippen LogP contribution < -0.4 is 5.32 Å². The zero-order valence-corrected chi connectivity index (χ0v) is 11.8. The number of hydrogen-bond acceptors (Lipinski definition) is 2. The molecule has 0 aliphatic carbocycles. The molecule has 0 saturated carbocycles. The van der Waals surface area contributed by atoms with Gasteiger partial charge in [-0.05, 0) is 23.5 Å². The minimum Gasteiger partial charge on any atom is -0.480 e. The average molecular weight is 276 g/mol. The van der Waals surface area contributed by atoms with Crippen molar-refractivity contribution in [3.8, 4) is 0 Å². The first-order valence-electron chi connectivity index (χ1n) is 6.82. The van der Waals surface area contributed by atoms with E-state index in [0.717, 1.165) is 11.1 Å². The van der Waals surface area contributed by atoms with Gasteiger partial charge in [-0.15, -0.1) is 0 Å². The van der Waals surface area contributed by atoms with Gasteiger partial charge in [0.2, 0.25) is 0 Å². The summed E-state index contributed by atoms with van der Waals surface area (Å²) in [6, 6.07) is 6.73. The lowest BCUT2D eigenvalue weighted by Crippen LogP contribution is -2.46. The number of carbonyl (C=O) groups is 2.